The van der Waals surface area contributed by atoms with Crippen molar-refractivity contribution in [2.24, 2.45) is 0 Å². The zero-order valence-electron chi connectivity index (χ0n) is 11.6. The molecule has 4 heteroatoms. The molecular formula is C15H24FNO2. The van der Waals surface area contributed by atoms with Gasteiger partial charge in [-0.1, -0.05) is 31.5 Å². The highest BCUT2D eigenvalue weighted by atomic mass is 19.1. The minimum atomic E-state index is -0.502. The Kier molecular flexibility index (Phi) is 8.38. The predicted octanol–water partition coefficient (Wildman–Crippen LogP) is 2.14. The summed E-state index contributed by atoms with van der Waals surface area (Å²) in [6, 6.07) is 6.76. The van der Waals surface area contributed by atoms with E-state index in [0.29, 0.717) is 38.3 Å². The zero-order valence-corrected chi connectivity index (χ0v) is 11.6. The number of aliphatic hydroxyl groups excluding tert-OH is 1. The van der Waals surface area contributed by atoms with E-state index in [2.05, 4.69) is 12.2 Å². The number of nitrogens with one attached hydrogen (secondary N) is 1. The molecule has 0 saturated carbocycles. The van der Waals surface area contributed by atoms with Crippen LogP contribution in [0.15, 0.2) is 24.3 Å². The van der Waals surface area contributed by atoms with E-state index >= 15 is 0 Å². The zero-order chi connectivity index (χ0) is 13.9. The van der Waals surface area contributed by atoms with E-state index in [9.17, 15) is 9.50 Å². The van der Waals surface area contributed by atoms with Crippen LogP contribution in [-0.2, 0) is 11.2 Å². The van der Waals surface area contributed by atoms with Crippen LogP contribution in [-0.4, -0.2) is 37.5 Å². The van der Waals surface area contributed by atoms with Crippen molar-refractivity contribution in [3.8, 4) is 0 Å². The minimum absolute atomic E-state index is 0.173. The van der Waals surface area contributed by atoms with Crippen molar-refractivity contribution in [1.29, 1.82) is 0 Å². The van der Waals surface area contributed by atoms with E-state index in [4.69, 9.17) is 4.74 Å². The van der Waals surface area contributed by atoms with Crippen LogP contribution in [0.5, 0.6) is 0 Å². The number of aliphatic hydroxyl groups is 1. The largest absolute Gasteiger partial charge is 0.389 e. The Morgan fingerprint density at radius 3 is 2.89 bits per heavy atom. The second-order valence-corrected chi connectivity index (χ2v) is 4.63. The fourth-order valence-electron chi connectivity index (χ4n) is 1.72. The van der Waals surface area contributed by atoms with Crippen LogP contribution < -0.4 is 5.32 Å². The number of hydrogen-bond acceptors (Lipinski definition) is 3. The maximum atomic E-state index is 13.3. The molecule has 0 heterocycles. The first kappa shape index (κ1) is 16.1. The number of benzene rings is 1. The van der Waals surface area contributed by atoms with Crippen LogP contribution in [0.4, 0.5) is 4.39 Å². The van der Waals surface area contributed by atoms with Crippen LogP contribution in [0.2, 0.25) is 0 Å². The highest BCUT2D eigenvalue weighted by Crippen LogP contribution is 2.06. The van der Waals surface area contributed by atoms with Crippen molar-refractivity contribution in [3.63, 3.8) is 0 Å². The van der Waals surface area contributed by atoms with E-state index in [0.717, 1.165) is 12.8 Å². The molecule has 1 rings (SSSR count). The van der Waals surface area contributed by atoms with Gasteiger partial charge in [0, 0.05) is 13.2 Å². The van der Waals surface area contributed by atoms with Crippen molar-refractivity contribution < 1.29 is 14.2 Å². The van der Waals surface area contributed by atoms with E-state index < -0.39 is 6.10 Å². The molecule has 0 saturated heterocycles. The summed E-state index contributed by atoms with van der Waals surface area (Å²) in [7, 11) is 0. The Labute approximate surface area is 114 Å². The summed E-state index contributed by atoms with van der Waals surface area (Å²) < 4.78 is 18.6. The van der Waals surface area contributed by atoms with Crippen LogP contribution >= 0.6 is 0 Å². The van der Waals surface area contributed by atoms with Gasteiger partial charge in [-0.05, 0) is 31.0 Å². The maximum Gasteiger partial charge on any atom is 0.126 e. The van der Waals surface area contributed by atoms with Gasteiger partial charge in [-0.2, -0.15) is 0 Å². The summed E-state index contributed by atoms with van der Waals surface area (Å²) >= 11 is 0. The summed E-state index contributed by atoms with van der Waals surface area (Å²) in [5.74, 6) is -0.173. The first-order valence-electron chi connectivity index (χ1n) is 6.94. The van der Waals surface area contributed by atoms with Gasteiger partial charge >= 0.3 is 0 Å². The Hall–Kier alpha value is -0.970. The molecule has 1 aromatic carbocycles. The van der Waals surface area contributed by atoms with Gasteiger partial charge in [0.15, 0.2) is 0 Å². The van der Waals surface area contributed by atoms with Crippen molar-refractivity contribution in [2.45, 2.75) is 32.3 Å². The molecule has 0 aliphatic rings. The van der Waals surface area contributed by atoms with Crippen molar-refractivity contribution in [3.05, 3.63) is 35.6 Å². The smallest absolute Gasteiger partial charge is 0.126 e. The lowest BCUT2D eigenvalue weighted by Crippen LogP contribution is -2.31. The molecule has 1 aromatic rings. The number of rotatable bonds is 10. The summed E-state index contributed by atoms with van der Waals surface area (Å²) in [4.78, 5) is 0. The van der Waals surface area contributed by atoms with E-state index in [-0.39, 0.29) is 5.82 Å². The number of unbranched alkanes of at least 4 members (excludes halogenated alkanes) is 1. The Morgan fingerprint density at radius 1 is 1.37 bits per heavy atom. The Morgan fingerprint density at radius 2 is 2.16 bits per heavy atom. The van der Waals surface area contributed by atoms with E-state index in [1.165, 1.54) is 6.07 Å². The summed E-state index contributed by atoms with van der Waals surface area (Å²) in [5.41, 5.74) is 0.698. The molecule has 0 spiro atoms. The molecule has 0 aromatic heterocycles. The average molecular weight is 269 g/mol. The third-order valence-corrected chi connectivity index (χ3v) is 2.86. The van der Waals surface area contributed by atoms with Crippen molar-refractivity contribution in [2.75, 3.05) is 26.3 Å². The SMILES string of the molecule is CCCCOCC(O)CNCCc1ccccc1F. The Bertz CT molecular complexity index is 347. The topological polar surface area (TPSA) is 41.5 Å². The minimum Gasteiger partial charge on any atom is -0.389 e. The molecule has 0 fully saturated rings. The molecular weight excluding hydrogens is 245 g/mol. The van der Waals surface area contributed by atoms with E-state index in [1.807, 2.05) is 6.07 Å². The number of halogens is 1. The molecule has 1 unspecified atom stereocenters. The van der Waals surface area contributed by atoms with Gasteiger partial charge in [-0.25, -0.2) is 4.39 Å². The Balaban J connectivity index is 2.05. The maximum absolute atomic E-state index is 13.3. The third-order valence-electron chi connectivity index (χ3n) is 2.86. The molecule has 3 nitrogen and oxygen atoms in total. The van der Waals surface area contributed by atoms with Gasteiger partial charge in [0.25, 0.3) is 0 Å². The van der Waals surface area contributed by atoms with Gasteiger partial charge in [-0.3, -0.25) is 0 Å². The van der Waals surface area contributed by atoms with Crippen LogP contribution in [0.25, 0.3) is 0 Å². The molecule has 0 aliphatic carbocycles. The molecule has 0 bridgehead atoms. The molecule has 2 N–H and O–H groups in total. The van der Waals surface area contributed by atoms with Crippen LogP contribution in [0.3, 0.4) is 0 Å². The third kappa shape index (κ3) is 7.25. The highest BCUT2D eigenvalue weighted by molar-refractivity contribution is 5.17. The first-order chi connectivity index (χ1) is 9.24. The van der Waals surface area contributed by atoms with Gasteiger partial charge < -0.3 is 15.2 Å². The molecule has 0 radical (unpaired) electrons. The summed E-state index contributed by atoms with van der Waals surface area (Å²) in [6.07, 6.45) is 2.23. The molecule has 0 amide bonds. The van der Waals surface area contributed by atoms with Crippen molar-refractivity contribution in [1.82, 2.24) is 5.32 Å². The quantitative estimate of drug-likeness (QED) is 0.639. The summed E-state index contributed by atoms with van der Waals surface area (Å²) in [5, 5.41) is 12.7. The lowest BCUT2D eigenvalue weighted by molar-refractivity contribution is 0.0360. The lowest BCUT2D eigenvalue weighted by atomic mass is 10.1. The number of ether oxygens (including phenoxy) is 1. The number of hydrogen-bond donors (Lipinski definition) is 2. The van der Waals surface area contributed by atoms with E-state index in [1.54, 1.807) is 12.1 Å². The molecule has 108 valence electrons. The average Bonchev–Trinajstić information content (AvgIpc) is 2.41. The van der Waals surface area contributed by atoms with Crippen LogP contribution in [0, 0.1) is 5.82 Å². The van der Waals surface area contributed by atoms with Gasteiger partial charge in [0.1, 0.15) is 5.82 Å². The summed E-state index contributed by atoms with van der Waals surface area (Å²) in [6.45, 7) is 4.27. The first-order valence-corrected chi connectivity index (χ1v) is 6.94. The van der Waals surface area contributed by atoms with Gasteiger partial charge in [0.2, 0.25) is 0 Å². The fourth-order valence-corrected chi connectivity index (χ4v) is 1.72. The van der Waals surface area contributed by atoms with Crippen molar-refractivity contribution >= 4 is 0 Å². The fraction of sp³-hybridized carbons (Fsp3) is 0.600. The second-order valence-electron chi connectivity index (χ2n) is 4.63. The monoisotopic (exact) mass is 269 g/mol. The molecule has 1 atom stereocenters. The normalized spacial score (nSPS) is 12.6. The molecule has 0 aliphatic heterocycles. The van der Waals surface area contributed by atoms with Gasteiger partial charge in [-0.15, -0.1) is 0 Å². The lowest BCUT2D eigenvalue weighted by Gasteiger charge is -2.12. The standard InChI is InChI=1S/C15H24FNO2/c1-2-3-10-19-12-14(18)11-17-9-8-13-6-4-5-7-15(13)16/h4-7,14,17-18H,2-3,8-12H2,1H3. The second kappa shape index (κ2) is 9.89. The highest BCUT2D eigenvalue weighted by Gasteiger charge is 2.04. The predicted molar refractivity (Wildman–Crippen MR) is 74.7 cm³/mol. The van der Waals surface area contributed by atoms with Crippen LogP contribution in [0.1, 0.15) is 25.3 Å². The van der Waals surface area contributed by atoms with Gasteiger partial charge in [0.05, 0.1) is 12.7 Å². The molecule has 19 heavy (non-hydrogen) atoms.